The molecule has 0 saturated heterocycles. The number of carbonyl (C=O) groups is 1. The number of ketones is 1. The number of thiol groups is 1. The van der Waals surface area contributed by atoms with Crippen LogP contribution in [0.25, 0.3) is 0 Å². The number of hydrogen-bond donors (Lipinski definition) is 2. The molecular formula is C11H17NOS2. The van der Waals surface area contributed by atoms with Crippen molar-refractivity contribution in [1.29, 1.82) is 0 Å². The van der Waals surface area contributed by atoms with Gasteiger partial charge in [0.15, 0.2) is 5.78 Å². The van der Waals surface area contributed by atoms with Gasteiger partial charge >= 0.3 is 0 Å². The molecule has 0 heterocycles. The summed E-state index contributed by atoms with van der Waals surface area (Å²) in [4.78, 5) is 12.3. The van der Waals surface area contributed by atoms with E-state index < -0.39 is 0 Å². The fourth-order valence-electron chi connectivity index (χ4n) is 3.39. The number of rotatable bonds is 1. The van der Waals surface area contributed by atoms with Crippen molar-refractivity contribution in [3.8, 4) is 0 Å². The summed E-state index contributed by atoms with van der Waals surface area (Å²) in [5.74, 6) is 0.722. The molecule has 3 atom stereocenters. The summed E-state index contributed by atoms with van der Waals surface area (Å²) in [5.41, 5.74) is -0.0891. The summed E-state index contributed by atoms with van der Waals surface area (Å²) in [6, 6.07) is -0.108. The summed E-state index contributed by atoms with van der Waals surface area (Å²) < 4.78 is 0.431. The molecule has 0 spiro atoms. The van der Waals surface area contributed by atoms with Crippen LogP contribution in [0.2, 0.25) is 0 Å². The highest BCUT2D eigenvalue weighted by Gasteiger charge is 2.66. The predicted molar refractivity (Wildman–Crippen MR) is 68.1 cm³/mol. The predicted octanol–water partition coefficient (Wildman–Crippen LogP) is 2.18. The van der Waals surface area contributed by atoms with Crippen molar-refractivity contribution in [3.63, 3.8) is 0 Å². The molecule has 1 N–H and O–H groups in total. The number of thiocarbonyl (C=S) groups is 1. The van der Waals surface area contributed by atoms with E-state index in [9.17, 15) is 4.79 Å². The van der Waals surface area contributed by atoms with E-state index in [2.05, 4.69) is 38.7 Å². The summed E-state index contributed by atoms with van der Waals surface area (Å²) in [7, 11) is 0. The number of fused-ring (bicyclic) bond motifs is 2. The van der Waals surface area contributed by atoms with Gasteiger partial charge in [0, 0.05) is 5.41 Å². The molecule has 0 radical (unpaired) electrons. The van der Waals surface area contributed by atoms with Crippen LogP contribution in [0.3, 0.4) is 0 Å². The molecule has 2 aliphatic rings. The second-order valence-electron chi connectivity index (χ2n) is 5.49. The number of carbonyl (C=O) groups excluding carboxylic acids is 1. The van der Waals surface area contributed by atoms with Gasteiger partial charge in [0.25, 0.3) is 0 Å². The lowest BCUT2D eigenvalue weighted by atomic mass is 9.70. The fraction of sp³-hybridized carbons (Fsp3) is 0.818. The molecule has 2 saturated carbocycles. The molecule has 0 amide bonds. The first-order chi connectivity index (χ1) is 6.80. The molecule has 2 nitrogen and oxygen atoms in total. The Kier molecular flexibility index (Phi) is 2.43. The Hall–Kier alpha value is -0.0900. The van der Waals surface area contributed by atoms with Crippen LogP contribution < -0.4 is 5.32 Å². The van der Waals surface area contributed by atoms with E-state index in [1.54, 1.807) is 0 Å². The van der Waals surface area contributed by atoms with Crippen molar-refractivity contribution >= 4 is 35.0 Å². The van der Waals surface area contributed by atoms with Crippen molar-refractivity contribution < 1.29 is 4.79 Å². The maximum absolute atomic E-state index is 12.3. The number of hydrogen-bond acceptors (Lipinski definition) is 2. The van der Waals surface area contributed by atoms with Crippen LogP contribution >= 0.6 is 24.8 Å². The Morgan fingerprint density at radius 2 is 2.13 bits per heavy atom. The van der Waals surface area contributed by atoms with E-state index in [1.807, 2.05) is 0 Å². The second-order valence-corrected chi connectivity index (χ2v) is 6.65. The fourth-order valence-corrected chi connectivity index (χ4v) is 3.65. The summed E-state index contributed by atoms with van der Waals surface area (Å²) >= 11 is 8.97. The van der Waals surface area contributed by atoms with Gasteiger partial charge in [-0.15, -0.1) is 12.6 Å². The van der Waals surface area contributed by atoms with Gasteiger partial charge in [-0.05, 0) is 24.2 Å². The molecule has 2 fully saturated rings. The van der Waals surface area contributed by atoms with Gasteiger partial charge in [-0.2, -0.15) is 0 Å². The lowest BCUT2D eigenvalue weighted by Crippen LogP contribution is -2.44. The second kappa shape index (κ2) is 3.20. The van der Waals surface area contributed by atoms with Gasteiger partial charge in [0.1, 0.15) is 4.32 Å². The first kappa shape index (κ1) is 11.4. The van der Waals surface area contributed by atoms with Gasteiger partial charge in [-0.25, -0.2) is 0 Å². The molecule has 0 aromatic rings. The van der Waals surface area contributed by atoms with E-state index in [0.717, 1.165) is 12.8 Å². The van der Waals surface area contributed by atoms with Crippen LogP contribution in [0.4, 0.5) is 0 Å². The number of Topliss-reactive ketones (excluding diaryl/α,β-unsaturated/α-hetero) is 1. The smallest absolute Gasteiger partial charge is 0.161 e. The summed E-state index contributed by atoms with van der Waals surface area (Å²) in [6.45, 7) is 6.50. The van der Waals surface area contributed by atoms with Crippen molar-refractivity contribution in [1.82, 2.24) is 5.32 Å². The van der Waals surface area contributed by atoms with E-state index in [1.165, 1.54) is 0 Å². The molecule has 0 unspecified atom stereocenters. The summed E-state index contributed by atoms with van der Waals surface area (Å²) in [6.07, 6.45) is 2.13. The van der Waals surface area contributed by atoms with Crippen LogP contribution in [0.5, 0.6) is 0 Å². The maximum Gasteiger partial charge on any atom is 0.161 e. The third-order valence-corrected chi connectivity index (χ3v) is 5.06. The standard InChI is InChI=1S/C11H17NOS2/c1-10(2)6-4-5-11(10,3)8(13)7(6)12-9(14)15/h6-7H,4-5H2,1-3H3,(H2,12,14,15)/t6-,7-,11-/m1/s1. The Labute approximate surface area is 102 Å². The van der Waals surface area contributed by atoms with Gasteiger partial charge in [0.05, 0.1) is 6.04 Å². The zero-order valence-corrected chi connectivity index (χ0v) is 11.0. The lowest BCUT2D eigenvalue weighted by molar-refractivity contribution is -0.129. The normalized spacial score (nSPS) is 42.0. The highest BCUT2D eigenvalue weighted by Crippen LogP contribution is 2.63. The third kappa shape index (κ3) is 1.30. The van der Waals surface area contributed by atoms with Crippen molar-refractivity contribution in [2.75, 3.05) is 0 Å². The topological polar surface area (TPSA) is 29.1 Å². The van der Waals surface area contributed by atoms with E-state index >= 15 is 0 Å². The van der Waals surface area contributed by atoms with E-state index in [-0.39, 0.29) is 16.9 Å². The molecule has 0 aliphatic heterocycles. The van der Waals surface area contributed by atoms with Crippen LogP contribution in [0.1, 0.15) is 33.6 Å². The van der Waals surface area contributed by atoms with Crippen LogP contribution in [0, 0.1) is 16.7 Å². The van der Waals surface area contributed by atoms with Crippen molar-refractivity contribution in [3.05, 3.63) is 0 Å². The monoisotopic (exact) mass is 243 g/mol. The maximum atomic E-state index is 12.3. The SMILES string of the molecule is CC1(C)[C@@H]2CC[C@]1(C)C(=O)[C@@H]2NC(=S)S. The number of nitrogens with one attached hydrogen (secondary N) is 1. The molecule has 2 bridgehead atoms. The Morgan fingerprint density at radius 1 is 1.53 bits per heavy atom. The first-order valence-corrected chi connectivity index (χ1v) is 6.20. The Balaban J connectivity index is 2.34. The largest absolute Gasteiger partial charge is 0.361 e. The minimum atomic E-state index is -0.173. The third-order valence-electron chi connectivity index (χ3n) is 4.81. The quantitative estimate of drug-likeness (QED) is 0.546. The molecule has 2 aliphatic carbocycles. The van der Waals surface area contributed by atoms with Crippen molar-refractivity contribution in [2.24, 2.45) is 16.7 Å². The van der Waals surface area contributed by atoms with E-state index in [4.69, 9.17) is 12.2 Å². The minimum absolute atomic E-state index is 0.0836. The van der Waals surface area contributed by atoms with Crippen LogP contribution in [0.15, 0.2) is 0 Å². The zero-order valence-electron chi connectivity index (χ0n) is 9.33. The molecule has 2 rings (SSSR count). The Bertz CT molecular complexity index is 339. The molecule has 0 aromatic heterocycles. The summed E-state index contributed by atoms with van der Waals surface area (Å²) in [5, 5.41) is 3.05. The minimum Gasteiger partial charge on any atom is -0.361 e. The van der Waals surface area contributed by atoms with Gasteiger partial charge in [0.2, 0.25) is 0 Å². The van der Waals surface area contributed by atoms with Gasteiger partial charge in [-0.1, -0.05) is 33.0 Å². The molecular weight excluding hydrogens is 226 g/mol. The van der Waals surface area contributed by atoms with E-state index in [0.29, 0.717) is 16.0 Å². The highest BCUT2D eigenvalue weighted by atomic mass is 32.1. The molecule has 15 heavy (non-hydrogen) atoms. The Morgan fingerprint density at radius 3 is 2.53 bits per heavy atom. The first-order valence-electron chi connectivity index (χ1n) is 5.34. The molecule has 0 aromatic carbocycles. The zero-order chi connectivity index (χ0) is 11.4. The average molecular weight is 243 g/mol. The van der Waals surface area contributed by atoms with Crippen LogP contribution in [-0.4, -0.2) is 16.1 Å². The lowest BCUT2D eigenvalue weighted by Gasteiger charge is -2.32. The van der Waals surface area contributed by atoms with Gasteiger partial charge in [-0.3, -0.25) is 4.79 Å². The van der Waals surface area contributed by atoms with Crippen molar-refractivity contribution in [2.45, 2.75) is 39.7 Å². The molecule has 84 valence electrons. The molecule has 4 heteroatoms. The highest BCUT2D eigenvalue weighted by molar-refractivity contribution is 8.11. The van der Waals surface area contributed by atoms with Gasteiger partial charge < -0.3 is 5.32 Å². The van der Waals surface area contributed by atoms with Crippen LogP contribution in [-0.2, 0) is 4.79 Å². The average Bonchev–Trinajstić information content (AvgIpc) is 2.40.